The summed E-state index contributed by atoms with van der Waals surface area (Å²) in [5, 5.41) is 13.2. The first-order valence-electron chi connectivity index (χ1n) is 9.01. The molecule has 0 aliphatic carbocycles. The molecule has 0 bridgehead atoms. The van der Waals surface area contributed by atoms with Crippen molar-refractivity contribution < 1.29 is 18.8 Å². The lowest BCUT2D eigenvalue weighted by atomic mass is 10.1. The number of benzene rings is 2. The minimum atomic E-state index is -0.767. The number of hydrogen-bond acceptors (Lipinski definition) is 7. The maximum Gasteiger partial charge on any atom is 0.349 e. The summed E-state index contributed by atoms with van der Waals surface area (Å²) in [6.45, 7) is 4.17. The summed E-state index contributed by atoms with van der Waals surface area (Å²) in [6.07, 6.45) is 1.45. The Hall–Kier alpha value is -3.92. The molecular weight excluding hydrogens is 370 g/mol. The van der Waals surface area contributed by atoms with Crippen LogP contribution in [0.15, 0.2) is 58.6 Å². The van der Waals surface area contributed by atoms with Gasteiger partial charge in [0, 0.05) is 5.56 Å². The predicted molar refractivity (Wildman–Crippen MR) is 105 cm³/mol. The first kappa shape index (κ1) is 19.8. The molecule has 0 radical (unpaired) electrons. The van der Waals surface area contributed by atoms with Gasteiger partial charge in [0.2, 0.25) is 5.82 Å². The van der Waals surface area contributed by atoms with E-state index in [1.165, 1.54) is 6.08 Å². The fraction of sp³-hybridized carbons (Fsp3) is 0.182. The van der Waals surface area contributed by atoms with Crippen LogP contribution in [0.5, 0.6) is 5.75 Å². The number of ether oxygens (including phenoxy) is 2. The highest BCUT2D eigenvalue weighted by molar-refractivity contribution is 5.97. The average Bonchev–Trinajstić information content (AvgIpc) is 3.21. The SMILES string of the molecule is CCOc1ccc(/C=C(\C#N)C(=O)OCc2nc(-c3ccccc3C)no2)cc1. The van der Waals surface area contributed by atoms with E-state index < -0.39 is 5.97 Å². The van der Waals surface area contributed by atoms with Crippen LogP contribution >= 0.6 is 0 Å². The third-order valence-corrected chi connectivity index (χ3v) is 4.02. The highest BCUT2D eigenvalue weighted by Gasteiger charge is 2.15. The van der Waals surface area contributed by atoms with Gasteiger partial charge in [-0.1, -0.05) is 41.6 Å². The number of aryl methyl sites for hydroxylation is 1. The molecule has 0 unspecified atom stereocenters. The summed E-state index contributed by atoms with van der Waals surface area (Å²) < 4.78 is 15.6. The largest absolute Gasteiger partial charge is 0.494 e. The molecule has 2 aromatic carbocycles. The van der Waals surface area contributed by atoms with Gasteiger partial charge in [0.25, 0.3) is 5.89 Å². The van der Waals surface area contributed by atoms with Crippen LogP contribution in [0.1, 0.15) is 23.9 Å². The Morgan fingerprint density at radius 3 is 2.66 bits per heavy atom. The van der Waals surface area contributed by atoms with Gasteiger partial charge in [-0.3, -0.25) is 0 Å². The second kappa shape index (κ2) is 9.33. The Bertz CT molecular complexity index is 1060. The van der Waals surface area contributed by atoms with E-state index in [0.29, 0.717) is 23.7 Å². The number of nitriles is 1. The van der Waals surface area contributed by atoms with Crippen molar-refractivity contribution in [2.75, 3.05) is 6.61 Å². The van der Waals surface area contributed by atoms with Crippen LogP contribution in [0.2, 0.25) is 0 Å². The number of nitrogens with zero attached hydrogens (tertiary/aromatic N) is 3. The summed E-state index contributed by atoms with van der Waals surface area (Å²) in [6, 6.07) is 16.5. The van der Waals surface area contributed by atoms with Crippen LogP contribution in [-0.4, -0.2) is 22.7 Å². The van der Waals surface area contributed by atoms with E-state index in [2.05, 4.69) is 10.1 Å². The van der Waals surface area contributed by atoms with Crippen LogP contribution in [0, 0.1) is 18.3 Å². The van der Waals surface area contributed by atoms with Gasteiger partial charge in [-0.2, -0.15) is 10.2 Å². The van der Waals surface area contributed by atoms with Gasteiger partial charge in [0.05, 0.1) is 6.61 Å². The first-order valence-corrected chi connectivity index (χ1v) is 9.01. The third kappa shape index (κ3) is 5.08. The lowest BCUT2D eigenvalue weighted by Gasteiger charge is -2.03. The molecule has 0 N–H and O–H groups in total. The van der Waals surface area contributed by atoms with E-state index in [0.717, 1.165) is 11.1 Å². The molecule has 0 saturated carbocycles. The Labute approximate surface area is 168 Å². The van der Waals surface area contributed by atoms with Gasteiger partial charge in [-0.05, 0) is 43.2 Å². The summed E-state index contributed by atoms with van der Waals surface area (Å²) in [4.78, 5) is 16.5. The van der Waals surface area contributed by atoms with Gasteiger partial charge >= 0.3 is 5.97 Å². The molecule has 0 amide bonds. The summed E-state index contributed by atoms with van der Waals surface area (Å²) in [5.74, 6) is 0.512. The van der Waals surface area contributed by atoms with Gasteiger partial charge in [-0.25, -0.2) is 4.79 Å². The number of carbonyl (C=O) groups excluding carboxylic acids is 1. The van der Waals surface area contributed by atoms with E-state index in [-0.39, 0.29) is 18.1 Å². The van der Waals surface area contributed by atoms with Gasteiger partial charge in [-0.15, -0.1) is 0 Å². The lowest BCUT2D eigenvalue weighted by molar-refractivity contribution is -0.140. The smallest absolute Gasteiger partial charge is 0.349 e. The molecule has 0 atom stereocenters. The summed E-state index contributed by atoms with van der Waals surface area (Å²) >= 11 is 0. The van der Waals surface area contributed by atoms with Crippen LogP contribution in [0.3, 0.4) is 0 Å². The molecule has 7 nitrogen and oxygen atoms in total. The molecule has 7 heteroatoms. The first-order chi connectivity index (χ1) is 14.1. The number of rotatable bonds is 7. The molecule has 0 spiro atoms. The Morgan fingerprint density at radius 2 is 1.97 bits per heavy atom. The molecule has 0 aliphatic rings. The lowest BCUT2D eigenvalue weighted by Crippen LogP contribution is -2.07. The zero-order chi connectivity index (χ0) is 20.6. The summed E-state index contributed by atoms with van der Waals surface area (Å²) in [5.41, 5.74) is 2.39. The van der Waals surface area contributed by atoms with Crippen LogP contribution in [0.4, 0.5) is 0 Å². The Morgan fingerprint density at radius 1 is 1.21 bits per heavy atom. The molecule has 29 heavy (non-hydrogen) atoms. The van der Waals surface area contributed by atoms with Crippen molar-refractivity contribution in [1.29, 1.82) is 5.26 Å². The molecular formula is C22H19N3O4. The van der Waals surface area contributed by atoms with Crippen LogP contribution in [-0.2, 0) is 16.1 Å². The predicted octanol–water partition coefficient (Wildman–Crippen LogP) is 4.09. The van der Waals surface area contributed by atoms with Gasteiger partial charge in [0.1, 0.15) is 17.4 Å². The standard InChI is InChI=1S/C22H19N3O4/c1-3-27-18-10-8-16(9-11-18)12-17(13-23)22(26)28-14-20-24-21(25-29-20)19-7-5-4-6-15(19)2/h4-12H,3,14H2,1-2H3/b17-12+. The molecule has 0 saturated heterocycles. The Balaban J connectivity index is 1.65. The van der Waals surface area contributed by atoms with Crippen molar-refractivity contribution in [2.45, 2.75) is 20.5 Å². The van der Waals surface area contributed by atoms with Crippen molar-refractivity contribution in [3.05, 3.63) is 71.1 Å². The highest BCUT2D eigenvalue weighted by Crippen LogP contribution is 2.20. The molecule has 1 heterocycles. The molecule has 0 fully saturated rings. The fourth-order valence-electron chi connectivity index (χ4n) is 2.58. The number of esters is 1. The molecule has 1 aromatic heterocycles. The summed E-state index contributed by atoms with van der Waals surface area (Å²) in [7, 11) is 0. The maximum absolute atomic E-state index is 12.2. The second-order valence-electron chi connectivity index (χ2n) is 6.07. The topological polar surface area (TPSA) is 98.2 Å². The minimum Gasteiger partial charge on any atom is -0.494 e. The Kier molecular flexibility index (Phi) is 6.38. The van der Waals surface area contributed by atoms with Crippen molar-refractivity contribution in [2.24, 2.45) is 0 Å². The number of carbonyl (C=O) groups is 1. The molecule has 3 aromatic rings. The van der Waals surface area contributed by atoms with E-state index in [1.807, 2.05) is 44.2 Å². The molecule has 146 valence electrons. The molecule has 3 rings (SSSR count). The second-order valence-corrected chi connectivity index (χ2v) is 6.07. The number of hydrogen-bond donors (Lipinski definition) is 0. The zero-order valence-corrected chi connectivity index (χ0v) is 16.1. The number of aromatic nitrogens is 2. The van der Waals surface area contributed by atoms with E-state index >= 15 is 0 Å². The van der Waals surface area contributed by atoms with Gasteiger partial charge < -0.3 is 14.0 Å². The monoisotopic (exact) mass is 389 g/mol. The van der Waals surface area contributed by atoms with E-state index in [9.17, 15) is 10.1 Å². The fourth-order valence-corrected chi connectivity index (χ4v) is 2.58. The highest BCUT2D eigenvalue weighted by atomic mass is 16.6. The van der Waals surface area contributed by atoms with Crippen molar-refractivity contribution in [3.8, 4) is 23.2 Å². The van der Waals surface area contributed by atoms with Crippen molar-refractivity contribution in [3.63, 3.8) is 0 Å². The third-order valence-electron chi connectivity index (χ3n) is 4.02. The van der Waals surface area contributed by atoms with Crippen molar-refractivity contribution >= 4 is 12.0 Å². The molecule has 0 aliphatic heterocycles. The van der Waals surface area contributed by atoms with Crippen LogP contribution in [0.25, 0.3) is 17.5 Å². The van der Waals surface area contributed by atoms with E-state index in [1.54, 1.807) is 24.3 Å². The van der Waals surface area contributed by atoms with Crippen molar-refractivity contribution in [1.82, 2.24) is 10.1 Å². The van der Waals surface area contributed by atoms with Crippen LogP contribution < -0.4 is 4.74 Å². The maximum atomic E-state index is 12.2. The average molecular weight is 389 g/mol. The van der Waals surface area contributed by atoms with E-state index in [4.69, 9.17) is 14.0 Å². The quantitative estimate of drug-likeness (QED) is 0.341. The zero-order valence-electron chi connectivity index (χ0n) is 16.1. The normalized spacial score (nSPS) is 11.0. The minimum absolute atomic E-state index is 0.132. The van der Waals surface area contributed by atoms with Gasteiger partial charge in [0.15, 0.2) is 6.61 Å².